The summed E-state index contributed by atoms with van der Waals surface area (Å²) in [5, 5.41) is 0.704. The van der Waals surface area contributed by atoms with Gasteiger partial charge in [0.15, 0.2) is 9.84 Å². The smallest absolute Gasteiger partial charge is 0.288 e. The van der Waals surface area contributed by atoms with Gasteiger partial charge < -0.3 is 0 Å². The highest BCUT2D eigenvalue weighted by molar-refractivity contribution is 7.91. The van der Waals surface area contributed by atoms with Gasteiger partial charge in [-0.15, -0.1) is 0 Å². The lowest BCUT2D eigenvalue weighted by atomic mass is 10.1. The van der Waals surface area contributed by atoms with Gasteiger partial charge in [0.05, 0.1) is 33.6 Å². The molecule has 0 unspecified atom stereocenters. The molecule has 4 rings (SSSR count). The van der Waals surface area contributed by atoms with E-state index in [4.69, 9.17) is 23.2 Å². The lowest BCUT2D eigenvalue weighted by molar-refractivity contribution is 0.255. The third kappa shape index (κ3) is 2.78. The molecule has 2 heterocycles. The van der Waals surface area contributed by atoms with Crippen molar-refractivity contribution in [3.05, 3.63) is 58.6 Å². The van der Waals surface area contributed by atoms with E-state index >= 15 is 0 Å². The predicted octanol–water partition coefficient (Wildman–Crippen LogP) is 3.61. The van der Waals surface area contributed by atoms with Gasteiger partial charge in [0, 0.05) is 11.4 Å². The number of rotatable bonds is 2. The minimum atomic E-state index is -3.22. The van der Waals surface area contributed by atoms with Crippen molar-refractivity contribution in [1.82, 2.24) is 0 Å². The Bertz CT molecular complexity index is 950. The van der Waals surface area contributed by atoms with Crippen LogP contribution in [-0.2, 0) is 9.84 Å². The Morgan fingerprint density at radius 2 is 1.44 bits per heavy atom. The number of nitrogens with zero attached hydrogens (tertiary/aromatic N) is 2. The molecule has 0 saturated carbocycles. The summed E-state index contributed by atoms with van der Waals surface area (Å²) in [5.74, 6) is -0.108. The fraction of sp³-hybridized carbons (Fsp3) is 0.235. The average Bonchev–Trinajstić information content (AvgIpc) is 3.00. The number of hydrogen-bond acceptors (Lipinski definition) is 3. The number of urea groups is 1. The summed E-state index contributed by atoms with van der Waals surface area (Å²) in [7, 11) is -3.22. The van der Waals surface area contributed by atoms with Crippen LogP contribution in [0.5, 0.6) is 0 Å². The molecule has 25 heavy (non-hydrogen) atoms. The van der Waals surface area contributed by atoms with Gasteiger partial charge in [-0.25, -0.2) is 13.2 Å². The van der Waals surface area contributed by atoms with Crippen LogP contribution in [0.4, 0.5) is 16.2 Å². The van der Waals surface area contributed by atoms with Crippen LogP contribution in [0.3, 0.4) is 0 Å². The van der Waals surface area contributed by atoms with E-state index in [1.165, 1.54) is 4.90 Å². The van der Waals surface area contributed by atoms with E-state index in [1.807, 2.05) is 18.2 Å². The molecule has 2 fully saturated rings. The lowest BCUT2D eigenvalue weighted by Gasteiger charge is -2.23. The molecule has 2 saturated heterocycles. The van der Waals surface area contributed by atoms with Crippen molar-refractivity contribution >= 4 is 50.4 Å². The topological polar surface area (TPSA) is 57.7 Å². The minimum Gasteiger partial charge on any atom is -0.288 e. The Morgan fingerprint density at radius 1 is 0.840 bits per heavy atom. The zero-order chi connectivity index (χ0) is 17.8. The van der Waals surface area contributed by atoms with E-state index in [-0.39, 0.29) is 17.5 Å². The van der Waals surface area contributed by atoms with E-state index in [1.54, 1.807) is 35.2 Å². The second-order valence-electron chi connectivity index (χ2n) is 6.17. The molecule has 0 radical (unpaired) electrons. The monoisotopic (exact) mass is 396 g/mol. The highest BCUT2D eigenvalue weighted by Gasteiger charge is 2.54. The van der Waals surface area contributed by atoms with Crippen LogP contribution in [0.25, 0.3) is 0 Å². The summed E-state index contributed by atoms with van der Waals surface area (Å²) >= 11 is 12.1. The Balaban J connectivity index is 1.82. The van der Waals surface area contributed by atoms with Crippen molar-refractivity contribution in [2.45, 2.75) is 12.1 Å². The fourth-order valence-electron chi connectivity index (χ4n) is 3.53. The molecule has 0 bridgehead atoms. The van der Waals surface area contributed by atoms with Gasteiger partial charge in [-0.05, 0) is 30.3 Å². The second-order valence-corrected chi connectivity index (χ2v) is 9.14. The maximum Gasteiger partial charge on any atom is 0.329 e. The predicted molar refractivity (Wildman–Crippen MR) is 99.5 cm³/mol. The van der Waals surface area contributed by atoms with Gasteiger partial charge >= 0.3 is 6.03 Å². The number of sulfone groups is 1. The summed E-state index contributed by atoms with van der Waals surface area (Å²) < 4.78 is 24.4. The Morgan fingerprint density at radius 3 is 2.04 bits per heavy atom. The van der Waals surface area contributed by atoms with E-state index < -0.39 is 21.9 Å². The number of carbonyl (C=O) groups is 1. The molecule has 0 N–H and O–H groups in total. The van der Waals surface area contributed by atoms with Gasteiger partial charge in [-0.3, -0.25) is 9.80 Å². The molecular formula is C17H14Cl2N2O3S. The first-order chi connectivity index (χ1) is 11.9. The number of amides is 2. The van der Waals surface area contributed by atoms with E-state index in [0.717, 1.165) is 0 Å². The fourth-order valence-corrected chi connectivity index (χ4v) is 5.74. The van der Waals surface area contributed by atoms with Crippen molar-refractivity contribution in [2.24, 2.45) is 0 Å². The first-order valence-corrected chi connectivity index (χ1v) is 10.3. The van der Waals surface area contributed by atoms with Crippen molar-refractivity contribution in [3.63, 3.8) is 0 Å². The molecule has 5 nitrogen and oxygen atoms in total. The molecule has 0 aliphatic carbocycles. The summed E-state index contributed by atoms with van der Waals surface area (Å²) in [5.41, 5.74) is 1.23. The van der Waals surface area contributed by atoms with E-state index in [0.29, 0.717) is 21.4 Å². The quantitative estimate of drug-likeness (QED) is 0.728. The average molecular weight is 397 g/mol. The molecule has 2 amide bonds. The molecule has 0 spiro atoms. The summed E-state index contributed by atoms with van der Waals surface area (Å²) in [6.45, 7) is 0. The number of anilines is 2. The maximum atomic E-state index is 13.1. The number of hydrogen-bond donors (Lipinski definition) is 0. The summed E-state index contributed by atoms with van der Waals surface area (Å²) in [6, 6.07) is 12.9. The summed E-state index contributed by atoms with van der Waals surface area (Å²) in [4.78, 5) is 16.2. The van der Waals surface area contributed by atoms with Crippen LogP contribution in [0.1, 0.15) is 0 Å². The molecular weight excluding hydrogens is 383 g/mol. The third-order valence-electron chi connectivity index (χ3n) is 4.58. The molecule has 2 aliphatic heterocycles. The van der Waals surface area contributed by atoms with Crippen LogP contribution in [-0.4, -0.2) is 38.0 Å². The normalized spacial score (nSPS) is 24.6. The molecule has 2 aromatic rings. The molecule has 2 aromatic carbocycles. The molecule has 2 atom stereocenters. The van der Waals surface area contributed by atoms with E-state index in [9.17, 15) is 13.2 Å². The van der Waals surface area contributed by atoms with Gasteiger partial charge in [0.25, 0.3) is 0 Å². The Kier molecular flexibility index (Phi) is 3.94. The summed E-state index contributed by atoms with van der Waals surface area (Å²) in [6.07, 6.45) is 0. The Hall–Kier alpha value is -1.76. The first kappa shape index (κ1) is 16.7. The van der Waals surface area contributed by atoms with Crippen LogP contribution in [0.2, 0.25) is 10.0 Å². The second kappa shape index (κ2) is 5.90. The highest BCUT2D eigenvalue weighted by Crippen LogP contribution is 2.39. The van der Waals surface area contributed by atoms with Crippen molar-refractivity contribution in [3.8, 4) is 0 Å². The molecule has 2 aliphatic rings. The molecule has 0 aromatic heterocycles. The molecule has 130 valence electrons. The molecule has 8 heteroatoms. The minimum absolute atomic E-state index is 0.0455. The van der Waals surface area contributed by atoms with Crippen LogP contribution in [0, 0.1) is 0 Å². The zero-order valence-corrected chi connectivity index (χ0v) is 15.3. The number of benzene rings is 2. The van der Waals surface area contributed by atoms with Crippen LogP contribution >= 0.6 is 23.2 Å². The van der Waals surface area contributed by atoms with Gasteiger partial charge in [0.1, 0.15) is 0 Å². The van der Waals surface area contributed by atoms with E-state index in [2.05, 4.69) is 0 Å². The largest absolute Gasteiger partial charge is 0.329 e. The van der Waals surface area contributed by atoms with Gasteiger partial charge in [-0.2, -0.15) is 0 Å². The van der Waals surface area contributed by atoms with Gasteiger partial charge in [0.2, 0.25) is 0 Å². The van der Waals surface area contributed by atoms with Crippen molar-refractivity contribution in [2.75, 3.05) is 21.3 Å². The zero-order valence-electron chi connectivity index (χ0n) is 13.0. The maximum absolute atomic E-state index is 13.1. The number of carbonyl (C=O) groups excluding carboxylic acids is 1. The highest BCUT2D eigenvalue weighted by atomic mass is 35.5. The van der Waals surface area contributed by atoms with Crippen molar-refractivity contribution in [1.29, 1.82) is 0 Å². The SMILES string of the molecule is O=C1N(c2ccccc2)[C@@H]2CS(=O)(=O)C[C@@H]2N1c1ccc(Cl)c(Cl)c1. The number of para-hydroxylation sites is 1. The van der Waals surface area contributed by atoms with Crippen LogP contribution < -0.4 is 9.80 Å². The lowest BCUT2D eigenvalue weighted by Crippen LogP contribution is -2.37. The third-order valence-corrected chi connectivity index (χ3v) is 7.02. The van der Waals surface area contributed by atoms with Crippen molar-refractivity contribution < 1.29 is 13.2 Å². The first-order valence-electron chi connectivity index (χ1n) is 7.70. The standard InChI is InChI=1S/C17H14Cl2N2O3S/c18-13-7-6-12(8-14(13)19)21-16-10-25(23,24)9-15(16)20(17(21)22)11-4-2-1-3-5-11/h1-8,15-16H,9-10H2/t15-,16+/m1/s1. The number of halogens is 2. The van der Waals surface area contributed by atoms with Gasteiger partial charge in [-0.1, -0.05) is 41.4 Å². The number of fused-ring (bicyclic) bond motifs is 1. The van der Waals surface area contributed by atoms with Crippen LogP contribution in [0.15, 0.2) is 48.5 Å². The Labute approximate surface area is 155 Å².